The van der Waals surface area contributed by atoms with Gasteiger partial charge in [0.1, 0.15) is 5.69 Å². The topological polar surface area (TPSA) is 164 Å². The highest BCUT2D eigenvalue weighted by atomic mass is 32.2. The molecule has 3 heterocycles. The van der Waals surface area contributed by atoms with Crippen molar-refractivity contribution in [3.8, 4) is 0 Å². The second kappa shape index (κ2) is 10.0. The van der Waals surface area contributed by atoms with Gasteiger partial charge in [0, 0.05) is 46.3 Å². The Balaban J connectivity index is 1.41. The van der Waals surface area contributed by atoms with Gasteiger partial charge in [0.25, 0.3) is 5.91 Å². The van der Waals surface area contributed by atoms with Gasteiger partial charge in [0.2, 0.25) is 5.91 Å². The monoisotopic (exact) mass is 501 g/mol. The number of benzene rings is 1. The highest BCUT2D eigenvalue weighted by Gasteiger charge is 2.29. The maximum Gasteiger partial charge on any atom is 0.276 e. The maximum absolute atomic E-state index is 13.1. The molecule has 2 amide bonds. The lowest BCUT2D eigenvalue weighted by Gasteiger charge is -2.13. The predicted molar refractivity (Wildman–Crippen MR) is 137 cm³/mol. The number of amides is 2. The van der Waals surface area contributed by atoms with Gasteiger partial charge in [-0.15, -0.1) is 0 Å². The Morgan fingerprint density at radius 3 is 2.42 bits per heavy atom. The lowest BCUT2D eigenvalue weighted by atomic mass is 10.3. The summed E-state index contributed by atoms with van der Waals surface area (Å²) >= 11 is 1.26. The quantitative estimate of drug-likeness (QED) is 0.225. The van der Waals surface area contributed by atoms with Crippen LogP contribution in [0.5, 0.6) is 0 Å². The number of aromatic amines is 1. The van der Waals surface area contributed by atoms with E-state index in [1.165, 1.54) is 11.8 Å². The Morgan fingerprint density at radius 2 is 1.75 bits per heavy atom. The third-order valence-electron chi connectivity index (χ3n) is 5.31. The first-order valence-corrected chi connectivity index (χ1v) is 12.0. The van der Waals surface area contributed by atoms with Gasteiger partial charge in [-0.2, -0.15) is 5.10 Å². The Hall–Kier alpha value is -4.45. The zero-order chi connectivity index (χ0) is 25.1. The zero-order valence-electron chi connectivity index (χ0n) is 19.3. The molecule has 36 heavy (non-hydrogen) atoms. The SMILES string of the molecule is Cc1cc(Nc2nc(Sc3ccc(NC(=O)C4CC4)cc3)nc(C(=O)Nc3ccncc3)c2N)n[nH]1. The van der Waals surface area contributed by atoms with E-state index >= 15 is 0 Å². The molecule has 0 spiro atoms. The van der Waals surface area contributed by atoms with Crippen LogP contribution in [0.2, 0.25) is 0 Å². The van der Waals surface area contributed by atoms with Crippen LogP contribution < -0.4 is 21.7 Å². The minimum atomic E-state index is -0.484. The predicted octanol–water partition coefficient (Wildman–Crippen LogP) is 3.98. The average Bonchev–Trinajstić information content (AvgIpc) is 3.65. The van der Waals surface area contributed by atoms with Crippen LogP contribution in [-0.2, 0) is 4.79 Å². The fraction of sp³-hybridized carbons (Fsp3) is 0.167. The molecule has 0 aliphatic heterocycles. The number of nitrogens with two attached hydrogens (primary N) is 1. The highest BCUT2D eigenvalue weighted by molar-refractivity contribution is 7.99. The van der Waals surface area contributed by atoms with E-state index in [0.29, 0.717) is 16.7 Å². The summed E-state index contributed by atoms with van der Waals surface area (Å²) in [5.41, 5.74) is 8.55. The number of hydrogen-bond donors (Lipinski definition) is 5. The van der Waals surface area contributed by atoms with E-state index in [4.69, 9.17) is 5.73 Å². The number of anilines is 5. The number of pyridine rings is 1. The Bertz CT molecular complexity index is 1400. The van der Waals surface area contributed by atoms with Gasteiger partial charge in [0.15, 0.2) is 22.5 Å². The molecule has 6 N–H and O–H groups in total. The van der Waals surface area contributed by atoms with Gasteiger partial charge >= 0.3 is 0 Å². The molecule has 4 aromatic rings. The Labute approximate surface area is 210 Å². The molecule has 1 aromatic carbocycles. The first kappa shape index (κ1) is 23.3. The summed E-state index contributed by atoms with van der Waals surface area (Å²) in [7, 11) is 0. The van der Waals surface area contributed by atoms with Crippen molar-refractivity contribution in [1.82, 2.24) is 25.1 Å². The number of aryl methyl sites for hydroxylation is 1. The summed E-state index contributed by atoms with van der Waals surface area (Å²) in [5, 5.41) is 16.1. The van der Waals surface area contributed by atoms with Crippen LogP contribution in [0, 0.1) is 12.8 Å². The van der Waals surface area contributed by atoms with Crippen molar-refractivity contribution in [2.24, 2.45) is 5.92 Å². The standard InChI is InChI=1S/C24H23N9O2S/c1-13-12-18(33-32-13)29-21-19(25)20(23(35)28-16-8-10-26-11-9-16)30-24(31-21)36-17-6-4-15(5-7-17)27-22(34)14-2-3-14/h4-12,14H,2-3,25H2,1H3,(H,27,34)(H,26,28,35)(H2,29,30,31,32,33). The van der Waals surface area contributed by atoms with E-state index in [1.54, 1.807) is 30.6 Å². The number of H-pyrrole nitrogens is 1. The van der Waals surface area contributed by atoms with Crippen LogP contribution in [0.1, 0.15) is 29.0 Å². The van der Waals surface area contributed by atoms with Crippen LogP contribution in [0.15, 0.2) is 64.9 Å². The number of nitrogens with one attached hydrogen (secondary N) is 4. The van der Waals surface area contributed by atoms with Crippen LogP contribution in [0.25, 0.3) is 0 Å². The summed E-state index contributed by atoms with van der Waals surface area (Å²) in [6, 6.07) is 12.5. The molecule has 3 aromatic heterocycles. The molecule has 1 saturated carbocycles. The van der Waals surface area contributed by atoms with E-state index in [-0.39, 0.29) is 29.0 Å². The minimum absolute atomic E-state index is 0.0207. The number of rotatable bonds is 8. The van der Waals surface area contributed by atoms with E-state index in [2.05, 4.69) is 41.1 Å². The van der Waals surface area contributed by atoms with Crippen molar-refractivity contribution in [3.05, 3.63) is 66.2 Å². The molecule has 1 fully saturated rings. The summed E-state index contributed by atoms with van der Waals surface area (Å²) in [6.07, 6.45) is 5.03. The third-order valence-corrected chi connectivity index (χ3v) is 6.18. The summed E-state index contributed by atoms with van der Waals surface area (Å²) in [6.45, 7) is 1.87. The summed E-state index contributed by atoms with van der Waals surface area (Å²) in [5.74, 6) is 0.453. The Morgan fingerprint density at radius 1 is 1.03 bits per heavy atom. The van der Waals surface area contributed by atoms with Crippen molar-refractivity contribution in [2.45, 2.75) is 29.8 Å². The second-order valence-corrected chi connectivity index (χ2v) is 9.30. The smallest absolute Gasteiger partial charge is 0.276 e. The molecule has 0 radical (unpaired) electrons. The molecule has 12 heteroatoms. The Kier molecular flexibility index (Phi) is 6.50. The average molecular weight is 502 g/mol. The molecule has 1 aliphatic rings. The van der Waals surface area contributed by atoms with E-state index < -0.39 is 5.91 Å². The number of nitrogen functional groups attached to an aromatic ring is 1. The van der Waals surface area contributed by atoms with Gasteiger partial charge in [-0.25, -0.2) is 9.97 Å². The number of hydrogen-bond acceptors (Lipinski definition) is 9. The molecule has 5 rings (SSSR count). The summed E-state index contributed by atoms with van der Waals surface area (Å²) in [4.78, 5) is 38.8. The second-order valence-electron chi connectivity index (χ2n) is 8.26. The molecule has 0 atom stereocenters. The molecule has 11 nitrogen and oxygen atoms in total. The van der Waals surface area contributed by atoms with Crippen molar-refractivity contribution in [3.63, 3.8) is 0 Å². The number of carbonyl (C=O) groups is 2. The first-order valence-electron chi connectivity index (χ1n) is 11.2. The summed E-state index contributed by atoms with van der Waals surface area (Å²) < 4.78 is 0. The first-order chi connectivity index (χ1) is 17.4. The van der Waals surface area contributed by atoms with Crippen LogP contribution in [0.4, 0.5) is 28.7 Å². The van der Waals surface area contributed by atoms with Gasteiger partial charge in [-0.1, -0.05) is 0 Å². The molecular weight excluding hydrogens is 478 g/mol. The molecule has 0 unspecified atom stereocenters. The minimum Gasteiger partial charge on any atom is -0.394 e. The maximum atomic E-state index is 13.1. The highest BCUT2D eigenvalue weighted by Crippen LogP contribution is 2.33. The number of aromatic nitrogens is 5. The van der Waals surface area contributed by atoms with Crippen molar-refractivity contribution in [2.75, 3.05) is 21.7 Å². The lowest BCUT2D eigenvalue weighted by molar-refractivity contribution is -0.117. The van der Waals surface area contributed by atoms with Gasteiger partial charge < -0.3 is 21.7 Å². The van der Waals surface area contributed by atoms with Gasteiger partial charge in [0.05, 0.1) is 0 Å². The van der Waals surface area contributed by atoms with Crippen LogP contribution in [0.3, 0.4) is 0 Å². The number of nitrogens with zero attached hydrogens (tertiary/aromatic N) is 4. The molecule has 1 aliphatic carbocycles. The molecule has 182 valence electrons. The van der Waals surface area contributed by atoms with Crippen molar-refractivity contribution < 1.29 is 9.59 Å². The number of carbonyl (C=O) groups excluding carboxylic acids is 2. The fourth-order valence-corrected chi connectivity index (χ4v) is 4.05. The molecule has 0 bridgehead atoms. The van der Waals surface area contributed by atoms with Crippen LogP contribution >= 0.6 is 11.8 Å². The molecule has 0 saturated heterocycles. The largest absolute Gasteiger partial charge is 0.394 e. The van der Waals surface area contributed by atoms with Gasteiger partial charge in [-0.3, -0.25) is 19.7 Å². The lowest BCUT2D eigenvalue weighted by Crippen LogP contribution is -2.18. The third kappa shape index (κ3) is 5.61. The van der Waals surface area contributed by atoms with Crippen molar-refractivity contribution in [1.29, 1.82) is 0 Å². The molecular formula is C24H23N9O2S. The normalized spacial score (nSPS) is 12.7. The fourth-order valence-electron chi connectivity index (χ4n) is 3.29. The van der Waals surface area contributed by atoms with E-state index in [1.807, 2.05) is 31.2 Å². The van der Waals surface area contributed by atoms with Gasteiger partial charge in [-0.05, 0) is 67.9 Å². The van der Waals surface area contributed by atoms with Crippen LogP contribution in [-0.4, -0.2) is 37.0 Å². The van der Waals surface area contributed by atoms with Crippen molar-refractivity contribution >= 4 is 52.3 Å². The van der Waals surface area contributed by atoms with E-state index in [9.17, 15) is 9.59 Å². The zero-order valence-corrected chi connectivity index (χ0v) is 20.1. The van der Waals surface area contributed by atoms with E-state index in [0.717, 1.165) is 29.1 Å².